The number of carbonyl (C=O) groups excluding carboxylic acids is 2. The van der Waals surface area contributed by atoms with Crippen molar-refractivity contribution in [3.8, 4) is 11.4 Å². The normalized spacial score (nSPS) is 14.3. The van der Waals surface area contributed by atoms with Gasteiger partial charge in [0.15, 0.2) is 0 Å². The number of anilines is 1. The fourth-order valence-electron chi connectivity index (χ4n) is 3.55. The van der Waals surface area contributed by atoms with Gasteiger partial charge in [-0.15, -0.1) is 0 Å². The number of aromatic nitrogens is 3. The van der Waals surface area contributed by atoms with E-state index in [0.717, 1.165) is 17.5 Å². The molecule has 2 amide bonds. The van der Waals surface area contributed by atoms with Crippen LogP contribution in [0, 0.1) is 5.92 Å². The first kappa shape index (κ1) is 20.5. The Bertz CT molecular complexity index is 1000. The third-order valence-corrected chi connectivity index (χ3v) is 5.35. The Morgan fingerprint density at radius 1 is 1.06 bits per heavy atom. The minimum atomic E-state index is -0.173. The predicted molar refractivity (Wildman–Crippen MR) is 113 cm³/mol. The molecule has 0 unspecified atom stereocenters. The summed E-state index contributed by atoms with van der Waals surface area (Å²) in [5.74, 6) is 0.213. The third kappa shape index (κ3) is 5.44. The number of carbonyl (C=O) groups is 2. The van der Waals surface area contributed by atoms with E-state index in [9.17, 15) is 9.59 Å². The second-order valence-electron chi connectivity index (χ2n) is 7.41. The SMILES string of the molecule is O=C(NNc1nc(-c2ccncc2)no1)C1CCN(C(=O)CCc2ccccc2)CC1. The number of piperidine rings is 1. The average molecular weight is 420 g/mol. The summed E-state index contributed by atoms with van der Waals surface area (Å²) in [7, 11) is 0. The molecule has 3 heterocycles. The Labute approximate surface area is 179 Å². The van der Waals surface area contributed by atoms with Gasteiger partial charge in [0.1, 0.15) is 0 Å². The average Bonchev–Trinajstić information content (AvgIpc) is 3.31. The van der Waals surface area contributed by atoms with E-state index in [2.05, 4.69) is 26.0 Å². The van der Waals surface area contributed by atoms with Gasteiger partial charge < -0.3 is 9.42 Å². The number of hydrazine groups is 1. The number of rotatable bonds is 7. The number of aryl methyl sites for hydroxylation is 1. The number of pyridine rings is 1. The number of hydrogen-bond donors (Lipinski definition) is 2. The molecule has 1 aliphatic heterocycles. The number of nitrogens with one attached hydrogen (secondary N) is 2. The van der Waals surface area contributed by atoms with Gasteiger partial charge in [-0.1, -0.05) is 35.5 Å². The molecule has 9 nitrogen and oxygen atoms in total. The zero-order valence-electron chi connectivity index (χ0n) is 17.0. The van der Waals surface area contributed by atoms with Crippen molar-refractivity contribution < 1.29 is 14.1 Å². The van der Waals surface area contributed by atoms with Crippen molar-refractivity contribution in [3.63, 3.8) is 0 Å². The fraction of sp³-hybridized carbons (Fsp3) is 0.318. The Morgan fingerprint density at radius 2 is 1.81 bits per heavy atom. The van der Waals surface area contributed by atoms with Crippen LogP contribution in [0.2, 0.25) is 0 Å². The molecule has 0 aliphatic carbocycles. The molecule has 0 radical (unpaired) electrons. The quantitative estimate of drug-likeness (QED) is 0.565. The second-order valence-corrected chi connectivity index (χ2v) is 7.41. The maximum absolute atomic E-state index is 12.5. The summed E-state index contributed by atoms with van der Waals surface area (Å²) in [6, 6.07) is 13.6. The van der Waals surface area contributed by atoms with Gasteiger partial charge in [-0.05, 0) is 37.0 Å². The molecule has 0 spiro atoms. The smallest absolute Gasteiger partial charge is 0.340 e. The lowest BCUT2D eigenvalue weighted by Gasteiger charge is -2.31. The molecular formula is C22H24N6O3. The Hall–Kier alpha value is -3.75. The topological polar surface area (TPSA) is 113 Å². The van der Waals surface area contributed by atoms with Crippen LogP contribution in [0.4, 0.5) is 6.01 Å². The van der Waals surface area contributed by atoms with E-state index < -0.39 is 0 Å². The summed E-state index contributed by atoms with van der Waals surface area (Å²) in [5.41, 5.74) is 7.21. The maximum atomic E-state index is 12.5. The lowest BCUT2D eigenvalue weighted by molar-refractivity contribution is -0.135. The van der Waals surface area contributed by atoms with E-state index >= 15 is 0 Å². The molecule has 1 saturated heterocycles. The summed E-state index contributed by atoms with van der Waals surface area (Å²) in [6.07, 6.45) is 5.74. The first-order valence-electron chi connectivity index (χ1n) is 10.3. The first-order chi connectivity index (χ1) is 15.2. The zero-order valence-corrected chi connectivity index (χ0v) is 17.0. The highest BCUT2D eigenvalue weighted by Crippen LogP contribution is 2.19. The van der Waals surface area contributed by atoms with Crippen molar-refractivity contribution in [1.29, 1.82) is 0 Å². The second kappa shape index (κ2) is 9.84. The van der Waals surface area contributed by atoms with Crippen LogP contribution in [0.25, 0.3) is 11.4 Å². The standard InChI is InChI=1S/C22H24N6O3/c29-19(7-6-16-4-2-1-3-5-16)28-14-10-18(11-15-28)21(30)25-26-22-24-20(27-31-22)17-8-12-23-13-9-17/h1-5,8-9,12-13,18H,6-7,10-11,14-15H2,(H,25,30)(H,24,26,27). The van der Waals surface area contributed by atoms with Crippen LogP contribution in [0.5, 0.6) is 0 Å². The van der Waals surface area contributed by atoms with E-state index in [1.807, 2.05) is 35.2 Å². The van der Waals surface area contributed by atoms with E-state index in [4.69, 9.17) is 4.52 Å². The lowest BCUT2D eigenvalue weighted by atomic mass is 9.96. The minimum Gasteiger partial charge on any atom is -0.343 e. The molecule has 2 aromatic heterocycles. The van der Waals surface area contributed by atoms with Crippen LogP contribution in [0.3, 0.4) is 0 Å². The van der Waals surface area contributed by atoms with Crippen molar-refractivity contribution in [2.75, 3.05) is 18.5 Å². The van der Waals surface area contributed by atoms with Gasteiger partial charge in [-0.25, -0.2) is 5.43 Å². The third-order valence-electron chi connectivity index (χ3n) is 5.35. The van der Waals surface area contributed by atoms with Crippen LogP contribution < -0.4 is 10.9 Å². The van der Waals surface area contributed by atoms with Crippen LogP contribution in [-0.2, 0) is 16.0 Å². The van der Waals surface area contributed by atoms with Gasteiger partial charge in [0.2, 0.25) is 17.6 Å². The zero-order chi connectivity index (χ0) is 21.5. The Balaban J connectivity index is 1.20. The van der Waals surface area contributed by atoms with Crippen molar-refractivity contribution in [2.45, 2.75) is 25.7 Å². The summed E-state index contributed by atoms with van der Waals surface area (Å²) < 4.78 is 5.11. The van der Waals surface area contributed by atoms with Gasteiger partial charge in [-0.3, -0.25) is 20.0 Å². The molecule has 0 saturated carbocycles. The first-order valence-corrected chi connectivity index (χ1v) is 10.3. The molecule has 1 aromatic carbocycles. The summed E-state index contributed by atoms with van der Waals surface area (Å²) in [5, 5.41) is 3.87. The maximum Gasteiger partial charge on any atom is 0.340 e. The molecule has 0 atom stereocenters. The largest absolute Gasteiger partial charge is 0.343 e. The molecule has 2 N–H and O–H groups in total. The van der Waals surface area contributed by atoms with Gasteiger partial charge in [0.05, 0.1) is 0 Å². The molecule has 4 rings (SSSR count). The lowest BCUT2D eigenvalue weighted by Crippen LogP contribution is -2.44. The highest BCUT2D eigenvalue weighted by atomic mass is 16.5. The van der Waals surface area contributed by atoms with E-state index in [1.165, 1.54) is 0 Å². The Kier molecular flexibility index (Phi) is 6.51. The molecular weight excluding hydrogens is 396 g/mol. The summed E-state index contributed by atoms with van der Waals surface area (Å²) >= 11 is 0. The molecule has 1 aliphatic rings. The molecule has 0 bridgehead atoms. The van der Waals surface area contributed by atoms with E-state index in [0.29, 0.717) is 38.2 Å². The monoisotopic (exact) mass is 420 g/mol. The minimum absolute atomic E-state index is 0.105. The Morgan fingerprint density at radius 3 is 2.55 bits per heavy atom. The van der Waals surface area contributed by atoms with Gasteiger partial charge in [0.25, 0.3) is 0 Å². The molecule has 160 valence electrons. The van der Waals surface area contributed by atoms with Crippen molar-refractivity contribution in [1.82, 2.24) is 25.5 Å². The van der Waals surface area contributed by atoms with Crippen LogP contribution in [0.1, 0.15) is 24.8 Å². The number of nitrogens with zero attached hydrogens (tertiary/aromatic N) is 4. The van der Waals surface area contributed by atoms with E-state index in [-0.39, 0.29) is 23.7 Å². The predicted octanol–water partition coefficient (Wildman–Crippen LogP) is 2.45. The molecule has 31 heavy (non-hydrogen) atoms. The molecule has 1 fully saturated rings. The van der Waals surface area contributed by atoms with Crippen molar-refractivity contribution in [3.05, 3.63) is 60.4 Å². The highest BCUT2D eigenvalue weighted by Gasteiger charge is 2.27. The van der Waals surface area contributed by atoms with Crippen molar-refractivity contribution >= 4 is 17.8 Å². The van der Waals surface area contributed by atoms with Crippen molar-refractivity contribution in [2.24, 2.45) is 5.92 Å². The summed E-state index contributed by atoms with van der Waals surface area (Å²) in [6.45, 7) is 1.16. The fourth-order valence-corrected chi connectivity index (χ4v) is 3.55. The van der Waals surface area contributed by atoms with Gasteiger partial charge >= 0.3 is 6.01 Å². The number of likely N-dealkylation sites (tertiary alicyclic amines) is 1. The number of hydrogen-bond acceptors (Lipinski definition) is 7. The molecule has 3 aromatic rings. The number of benzene rings is 1. The van der Waals surface area contributed by atoms with E-state index in [1.54, 1.807) is 24.5 Å². The van der Waals surface area contributed by atoms with Crippen LogP contribution in [0.15, 0.2) is 59.4 Å². The molecule has 9 heteroatoms. The highest BCUT2D eigenvalue weighted by molar-refractivity contribution is 5.80. The summed E-state index contributed by atoms with van der Waals surface area (Å²) in [4.78, 5) is 34.9. The van der Waals surface area contributed by atoms with Gasteiger partial charge in [0, 0.05) is 43.4 Å². The van der Waals surface area contributed by atoms with Crippen LogP contribution in [-0.4, -0.2) is 44.9 Å². The van der Waals surface area contributed by atoms with Crippen LogP contribution >= 0.6 is 0 Å². The van der Waals surface area contributed by atoms with Gasteiger partial charge in [-0.2, -0.15) is 4.98 Å². The number of amides is 2.